The second kappa shape index (κ2) is 4.44. The molecule has 16 heavy (non-hydrogen) atoms. The second-order valence-corrected chi connectivity index (χ2v) is 5.72. The summed E-state index contributed by atoms with van der Waals surface area (Å²) in [6.07, 6.45) is 0. The Kier molecular flexibility index (Phi) is 3.49. The summed E-state index contributed by atoms with van der Waals surface area (Å²) < 4.78 is -1.38. The average Bonchev–Trinajstić information content (AvgIpc) is 2.41. The third-order valence-corrected chi connectivity index (χ3v) is 4.63. The van der Waals surface area contributed by atoms with E-state index in [4.69, 9.17) is 58.0 Å². The number of rotatable bonds is 1. The Balaban J connectivity index is 2.61. The number of hydrogen-bond acceptors (Lipinski definition) is 0. The lowest BCUT2D eigenvalue weighted by molar-refractivity contribution is 1.28. The Labute approximate surface area is 118 Å². The molecule has 0 unspecified atom stereocenters. The molecule has 0 fully saturated rings. The first-order valence-electron chi connectivity index (χ1n) is 4.36. The van der Waals surface area contributed by atoms with Gasteiger partial charge in [-0.3, -0.25) is 0 Å². The molecule has 0 aliphatic heterocycles. The van der Waals surface area contributed by atoms with Gasteiger partial charge >= 0.3 is 0 Å². The highest BCUT2D eigenvalue weighted by molar-refractivity contribution is 6.67. The Bertz CT molecular complexity index is 484. The zero-order valence-corrected chi connectivity index (χ0v) is 11.6. The summed E-state index contributed by atoms with van der Waals surface area (Å²) in [5.74, 6) is 0. The average molecular weight is 314 g/mol. The molecule has 1 aromatic rings. The van der Waals surface area contributed by atoms with Gasteiger partial charge in [0.1, 0.15) is 0 Å². The Morgan fingerprint density at radius 1 is 0.812 bits per heavy atom. The van der Waals surface area contributed by atoms with Crippen molar-refractivity contribution in [3.63, 3.8) is 0 Å². The quantitative estimate of drug-likeness (QED) is 0.599. The topological polar surface area (TPSA) is 0 Å². The molecule has 0 aromatic heterocycles. The fourth-order valence-corrected chi connectivity index (χ4v) is 3.11. The lowest BCUT2D eigenvalue weighted by Crippen LogP contribution is -2.12. The van der Waals surface area contributed by atoms with Gasteiger partial charge in [0, 0.05) is 5.57 Å². The summed E-state index contributed by atoms with van der Waals surface area (Å²) in [7, 11) is 0. The largest absolute Gasteiger partial charge is 0.182 e. The molecule has 0 radical (unpaired) electrons. The van der Waals surface area contributed by atoms with Gasteiger partial charge in [-0.1, -0.05) is 88.3 Å². The van der Waals surface area contributed by atoms with Crippen molar-refractivity contribution >= 4 is 63.6 Å². The van der Waals surface area contributed by atoms with Crippen LogP contribution in [0, 0.1) is 0 Å². The second-order valence-electron chi connectivity index (χ2n) is 3.26. The van der Waals surface area contributed by atoms with Crippen LogP contribution >= 0.6 is 58.0 Å². The molecule has 5 heteroatoms. The molecule has 0 bridgehead atoms. The van der Waals surface area contributed by atoms with Gasteiger partial charge in [0.25, 0.3) is 0 Å². The molecule has 1 aliphatic carbocycles. The smallest absolute Gasteiger partial charge is 0.0898 e. The molecule has 0 saturated heterocycles. The highest BCUT2D eigenvalue weighted by atomic mass is 35.5. The van der Waals surface area contributed by atoms with Crippen molar-refractivity contribution in [2.45, 2.75) is 4.33 Å². The van der Waals surface area contributed by atoms with Gasteiger partial charge in [-0.05, 0) is 5.56 Å². The van der Waals surface area contributed by atoms with Gasteiger partial charge in [-0.15, -0.1) is 0 Å². The fourth-order valence-electron chi connectivity index (χ4n) is 1.50. The highest BCUT2D eigenvalue weighted by Gasteiger charge is 2.43. The molecule has 84 valence electrons. The van der Waals surface area contributed by atoms with E-state index < -0.39 is 4.33 Å². The monoisotopic (exact) mass is 312 g/mol. The lowest BCUT2D eigenvalue weighted by Gasteiger charge is -2.18. The minimum atomic E-state index is -1.38. The first-order chi connectivity index (χ1) is 7.46. The van der Waals surface area contributed by atoms with E-state index in [9.17, 15) is 0 Å². The lowest BCUT2D eigenvalue weighted by atomic mass is 10.0. The van der Waals surface area contributed by atoms with Crippen molar-refractivity contribution in [1.82, 2.24) is 0 Å². The minimum absolute atomic E-state index is 0.140. The zero-order chi connectivity index (χ0) is 11.9. The molecule has 0 heterocycles. The predicted molar refractivity (Wildman–Crippen MR) is 72.4 cm³/mol. The maximum atomic E-state index is 6.16. The van der Waals surface area contributed by atoms with Crippen LogP contribution in [0.5, 0.6) is 0 Å². The van der Waals surface area contributed by atoms with Crippen molar-refractivity contribution < 1.29 is 0 Å². The summed E-state index contributed by atoms with van der Waals surface area (Å²) in [6, 6.07) is 9.29. The molecule has 1 aliphatic rings. The molecule has 0 saturated carbocycles. The first-order valence-corrected chi connectivity index (χ1v) is 6.25. The van der Waals surface area contributed by atoms with Crippen LogP contribution in [0.15, 0.2) is 45.4 Å². The standard InChI is InChI=1S/C11H5Cl5/c12-8-7(6-4-2-1-3-5-6)11(15,16)10(14)9(8)13/h1-5H. The first kappa shape index (κ1) is 12.6. The molecule has 0 spiro atoms. The molecular weight excluding hydrogens is 309 g/mol. The SMILES string of the molecule is ClC1=C(Cl)C(Cl)(Cl)C(c2ccccc2)=C1Cl. The maximum absolute atomic E-state index is 6.16. The predicted octanol–water partition coefficient (Wildman–Crippen LogP) is 5.51. The van der Waals surface area contributed by atoms with Gasteiger partial charge in [0.05, 0.1) is 15.1 Å². The van der Waals surface area contributed by atoms with E-state index in [1.54, 1.807) is 0 Å². The normalized spacial score (nSPS) is 19.6. The van der Waals surface area contributed by atoms with Gasteiger partial charge in [-0.2, -0.15) is 0 Å². The van der Waals surface area contributed by atoms with Crippen LogP contribution in [0.1, 0.15) is 5.56 Å². The minimum Gasteiger partial charge on any atom is -0.0898 e. The van der Waals surface area contributed by atoms with Crippen LogP contribution in [-0.2, 0) is 0 Å². The third kappa shape index (κ3) is 1.87. The van der Waals surface area contributed by atoms with E-state index in [1.165, 1.54) is 0 Å². The van der Waals surface area contributed by atoms with E-state index in [0.717, 1.165) is 5.56 Å². The molecule has 2 rings (SSSR count). The highest BCUT2D eigenvalue weighted by Crippen LogP contribution is 2.56. The molecular formula is C11H5Cl5. The van der Waals surface area contributed by atoms with Gasteiger partial charge in [-0.25, -0.2) is 0 Å². The van der Waals surface area contributed by atoms with Crippen molar-refractivity contribution in [3.8, 4) is 0 Å². The van der Waals surface area contributed by atoms with Crippen LogP contribution in [0.4, 0.5) is 0 Å². The Morgan fingerprint density at radius 3 is 1.81 bits per heavy atom. The van der Waals surface area contributed by atoms with Crippen molar-refractivity contribution in [1.29, 1.82) is 0 Å². The van der Waals surface area contributed by atoms with E-state index in [2.05, 4.69) is 0 Å². The third-order valence-electron chi connectivity index (χ3n) is 2.26. The number of hydrogen-bond donors (Lipinski definition) is 0. The summed E-state index contributed by atoms with van der Waals surface area (Å²) in [5.41, 5.74) is 1.32. The van der Waals surface area contributed by atoms with E-state index >= 15 is 0 Å². The van der Waals surface area contributed by atoms with Crippen molar-refractivity contribution in [2.24, 2.45) is 0 Å². The van der Waals surface area contributed by atoms with E-state index in [1.807, 2.05) is 30.3 Å². The van der Waals surface area contributed by atoms with E-state index in [0.29, 0.717) is 10.6 Å². The van der Waals surface area contributed by atoms with Gasteiger partial charge in [0.15, 0.2) is 4.33 Å². The van der Waals surface area contributed by atoms with Crippen LogP contribution < -0.4 is 0 Å². The molecule has 0 nitrogen and oxygen atoms in total. The van der Waals surface area contributed by atoms with Gasteiger partial charge in [0.2, 0.25) is 0 Å². The summed E-state index contributed by atoms with van der Waals surface area (Å²) in [4.78, 5) is 0. The molecule has 0 amide bonds. The number of benzene rings is 1. The van der Waals surface area contributed by atoms with Crippen molar-refractivity contribution in [2.75, 3.05) is 0 Å². The van der Waals surface area contributed by atoms with Crippen LogP contribution in [0.2, 0.25) is 0 Å². The molecule has 0 N–H and O–H groups in total. The van der Waals surface area contributed by atoms with Crippen LogP contribution in [-0.4, -0.2) is 4.33 Å². The Hall–Kier alpha value is 0.150. The summed E-state index contributed by atoms with van der Waals surface area (Å²) in [5, 5.41) is 0.636. The number of alkyl halides is 2. The van der Waals surface area contributed by atoms with Gasteiger partial charge < -0.3 is 0 Å². The van der Waals surface area contributed by atoms with Crippen LogP contribution in [0.25, 0.3) is 5.57 Å². The number of allylic oxidation sites excluding steroid dienone is 4. The fraction of sp³-hybridized carbons (Fsp3) is 0.0909. The molecule has 1 aromatic carbocycles. The molecule has 0 atom stereocenters. The zero-order valence-electron chi connectivity index (χ0n) is 7.78. The Morgan fingerprint density at radius 2 is 1.38 bits per heavy atom. The van der Waals surface area contributed by atoms with Crippen molar-refractivity contribution in [3.05, 3.63) is 51.0 Å². The summed E-state index contributed by atoms with van der Waals surface area (Å²) >= 11 is 30.3. The van der Waals surface area contributed by atoms with Crippen LogP contribution in [0.3, 0.4) is 0 Å². The number of halogens is 5. The van der Waals surface area contributed by atoms with E-state index in [-0.39, 0.29) is 10.1 Å². The maximum Gasteiger partial charge on any atom is 0.182 e. The summed E-state index contributed by atoms with van der Waals surface area (Å²) in [6.45, 7) is 0.